The average molecular weight is 196 g/mol. The van der Waals surface area contributed by atoms with Gasteiger partial charge >= 0.3 is 0 Å². The lowest BCUT2D eigenvalue weighted by Gasteiger charge is -2.13. The van der Waals surface area contributed by atoms with Gasteiger partial charge in [0.2, 0.25) is 0 Å². The molecular weight excluding hydrogens is 179 g/mol. The zero-order chi connectivity index (χ0) is 10.7. The highest BCUT2D eigenvalue weighted by molar-refractivity contribution is 5.40. The quantitative estimate of drug-likeness (QED) is 0.718. The van der Waals surface area contributed by atoms with Gasteiger partial charge in [-0.2, -0.15) is 0 Å². The van der Waals surface area contributed by atoms with Gasteiger partial charge in [-0.1, -0.05) is 20.8 Å². The Bertz CT molecular complexity index is 318. The summed E-state index contributed by atoms with van der Waals surface area (Å²) >= 11 is 0. The van der Waals surface area contributed by atoms with Gasteiger partial charge in [-0.25, -0.2) is 4.39 Å². The van der Waals surface area contributed by atoms with Crippen LogP contribution >= 0.6 is 0 Å². The Morgan fingerprint density at radius 2 is 2.00 bits per heavy atom. The third-order valence-electron chi connectivity index (χ3n) is 2.40. The summed E-state index contributed by atoms with van der Waals surface area (Å²) in [6.07, 6.45) is 0.695. The number of aryl methyl sites for hydroxylation is 1. The van der Waals surface area contributed by atoms with Gasteiger partial charge < -0.3 is 4.74 Å². The zero-order valence-electron chi connectivity index (χ0n) is 9.23. The van der Waals surface area contributed by atoms with Crippen LogP contribution < -0.4 is 4.74 Å². The molecule has 0 spiro atoms. The molecule has 0 amide bonds. The van der Waals surface area contributed by atoms with E-state index in [-0.39, 0.29) is 11.7 Å². The van der Waals surface area contributed by atoms with E-state index < -0.39 is 0 Å². The van der Waals surface area contributed by atoms with Crippen molar-refractivity contribution in [3.05, 3.63) is 29.1 Å². The van der Waals surface area contributed by atoms with Crippen LogP contribution in [-0.4, -0.2) is 7.11 Å². The molecule has 0 heterocycles. The fourth-order valence-electron chi connectivity index (χ4n) is 1.51. The molecule has 0 aliphatic rings. The van der Waals surface area contributed by atoms with Gasteiger partial charge in [0.15, 0.2) is 0 Å². The first kappa shape index (κ1) is 11.0. The van der Waals surface area contributed by atoms with Gasteiger partial charge in [0.25, 0.3) is 0 Å². The van der Waals surface area contributed by atoms with E-state index in [0.717, 1.165) is 11.3 Å². The number of methoxy groups -OCH3 is 1. The van der Waals surface area contributed by atoms with Gasteiger partial charge in [-0.3, -0.25) is 0 Å². The number of rotatable bonds is 3. The van der Waals surface area contributed by atoms with Crippen molar-refractivity contribution in [2.24, 2.45) is 0 Å². The SMILES string of the molecule is CCc1cc(OC)c(C(C)C)cc1F. The first-order valence-electron chi connectivity index (χ1n) is 4.96. The van der Waals surface area contributed by atoms with Crippen molar-refractivity contribution < 1.29 is 9.13 Å². The maximum Gasteiger partial charge on any atom is 0.126 e. The van der Waals surface area contributed by atoms with Crippen LogP contribution in [0.5, 0.6) is 5.75 Å². The summed E-state index contributed by atoms with van der Waals surface area (Å²) in [4.78, 5) is 0. The summed E-state index contributed by atoms with van der Waals surface area (Å²) in [5.74, 6) is 0.945. The highest BCUT2D eigenvalue weighted by Gasteiger charge is 2.11. The first-order valence-corrected chi connectivity index (χ1v) is 4.96. The summed E-state index contributed by atoms with van der Waals surface area (Å²) in [7, 11) is 1.62. The fourth-order valence-corrected chi connectivity index (χ4v) is 1.51. The summed E-state index contributed by atoms with van der Waals surface area (Å²) in [5, 5.41) is 0. The lowest BCUT2D eigenvalue weighted by molar-refractivity contribution is 0.405. The number of hydrogen-bond donors (Lipinski definition) is 0. The van der Waals surface area contributed by atoms with Crippen LogP contribution in [0.25, 0.3) is 0 Å². The van der Waals surface area contributed by atoms with Gasteiger partial charge in [0, 0.05) is 0 Å². The van der Waals surface area contributed by atoms with E-state index in [2.05, 4.69) is 0 Å². The molecule has 14 heavy (non-hydrogen) atoms. The van der Waals surface area contributed by atoms with E-state index in [9.17, 15) is 4.39 Å². The Morgan fingerprint density at radius 1 is 1.36 bits per heavy atom. The second kappa shape index (κ2) is 4.45. The molecule has 0 unspecified atom stereocenters. The van der Waals surface area contributed by atoms with Crippen molar-refractivity contribution >= 4 is 0 Å². The highest BCUT2D eigenvalue weighted by Crippen LogP contribution is 2.29. The van der Waals surface area contributed by atoms with Crippen LogP contribution in [0.2, 0.25) is 0 Å². The van der Waals surface area contributed by atoms with Crippen molar-refractivity contribution in [1.82, 2.24) is 0 Å². The molecule has 1 rings (SSSR count). The predicted octanol–water partition coefficient (Wildman–Crippen LogP) is 3.52. The van der Waals surface area contributed by atoms with E-state index >= 15 is 0 Å². The monoisotopic (exact) mass is 196 g/mol. The second-order valence-corrected chi connectivity index (χ2v) is 3.69. The Balaban J connectivity index is 3.24. The molecule has 2 heteroatoms. The molecule has 1 aromatic rings. The molecule has 1 nitrogen and oxygen atoms in total. The van der Waals surface area contributed by atoms with Gasteiger partial charge in [-0.05, 0) is 35.6 Å². The first-order chi connectivity index (χ1) is 6.60. The molecule has 0 saturated carbocycles. The Kier molecular flexibility index (Phi) is 3.50. The molecule has 0 saturated heterocycles. The van der Waals surface area contributed by atoms with E-state index in [0.29, 0.717) is 12.0 Å². The third-order valence-corrected chi connectivity index (χ3v) is 2.40. The molecule has 78 valence electrons. The number of ether oxygens (including phenoxy) is 1. The number of halogens is 1. The maximum atomic E-state index is 13.5. The normalized spacial score (nSPS) is 10.7. The minimum atomic E-state index is -0.128. The molecule has 0 N–H and O–H groups in total. The Hall–Kier alpha value is -1.05. The molecule has 0 bridgehead atoms. The van der Waals surface area contributed by atoms with E-state index in [4.69, 9.17) is 4.74 Å². The minimum absolute atomic E-state index is 0.128. The van der Waals surface area contributed by atoms with Crippen LogP contribution in [0.4, 0.5) is 4.39 Å². The molecule has 0 atom stereocenters. The molecular formula is C12H17FO. The van der Waals surface area contributed by atoms with Crippen LogP contribution in [-0.2, 0) is 6.42 Å². The second-order valence-electron chi connectivity index (χ2n) is 3.69. The van der Waals surface area contributed by atoms with Crippen LogP contribution in [0.15, 0.2) is 12.1 Å². The smallest absolute Gasteiger partial charge is 0.126 e. The fraction of sp³-hybridized carbons (Fsp3) is 0.500. The zero-order valence-corrected chi connectivity index (χ0v) is 9.23. The molecule has 0 aliphatic carbocycles. The molecule has 1 aromatic carbocycles. The topological polar surface area (TPSA) is 9.23 Å². The summed E-state index contributed by atoms with van der Waals surface area (Å²) in [5.41, 5.74) is 1.65. The summed E-state index contributed by atoms with van der Waals surface area (Å²) in [6, 6.07) is 3.38. The predicted molar refractivity (Wildman–Crippen MR) is 56.4 cm³/mol. The van der Waals surface area contributed by atoms with Gasteiger partial charge in [-0.15, -0.1) is 0 Å². The number of benzene rings is 1. The standard InChI is InChI=1S/C12H17FO/c1-5-9-6-12(14-4)10(8(2)3)7-11(9)13/h6-8H,5H2,1-4H3. The van der Waals surface area contributed by atoms with Gasteiger partial charge in [0.1, 0.15) is 11.6 Å². The number of hydrogen-bond acceptors (Lipinski definition) is 1. The van der Waals surface area contributed by atoms with Crippen molar-refractivity contribution in [1.29, 1.82) is 0 Å². The molecule has 0 fully saturated rings. The average Bonchev–Trinajstić information content (AvgIpc) is 2.17. The maximum absolute atomic E-state index is 13.5. The van der Waals surface area contributed by atoms with Gasteiger partial charge in [0.05, 0.1) is 7.11 Å². The van der Waals surface area contributed by atoms with Crippen molar-refractivity contribution in [2.75, 3.05) is 7.11 Å². The summed E-state index contributed by atoms with van der Waals surface area (Å²) in [6.45, 7) is 6.00. The lowest BCUT2D eigenvalue weighted by Crippen LogP contribution is -1.98. The van der Waals surface area contributed by atoms with Crippen molar-refractivity contribution in [3.63, 3.8) is 0 Å². The molecule has 0 aliphatic heterocycles. The summed E-state index contributed by atoms with van der Waals surface area (Å²) < 4.78 is 18.7. The van der Waals surface area contributed by atoms with Crippen LogP contribution in [0.3, 0.4) is 0 Å². The van der Waals surface area contributed by atoms with Crippen LogP contribution in [0.1, 0.15) is 37.8 Å². The largest absolute Gasteiger partial charge is 0.496 e. The Morgan fingerprint density at radius 3 is 2.43 bits per heavy atom. The third kappa shape index (κ3) is 2.06. The highest BCUT2D eigenvalue weighted by atomic mass is 19.1. The van der Waals surface area contributed by atoms with E-state index in [1.165, 1.54) is 0 Å². The molecule has 0 aromatic heterocycles. The lowest BCUT2D eigenvalue weighted by atomic mass is 9.99. The van der Waals surface area contributed by atoms with E-state index in [1.54, 1.807) is 19.2 Å². The molecule has 0 radical (unpaired) electrons. The Labute approximate surface area is 84.9 Å². The van der Waals surface area contributed by atoms with Crippen molar-refractivity contribution in [2.45, 2.75) is 33.1 Å². The van der Waals surface area contributed by atoms with Crippen molar-refractivity contribution in [3.8, 4) is 5.75 Å². The van der Waals surface area contributed by atoms with E-state index in [1.807, 2.05) is 20.8 Å². The van der Waals surface area contributed by atoms with Crippen LogP contribution in [0, 0.1) is 5.82 Å². The minimum Gasteiger partial charge on any atom is -0.496 e.